The highest BCUT2D eigenvalue weighted by Crippen LogP contribution is 2.29. The van der Waals surface area contributed by atoms with E-state index < -0.39 is 0 Å². The number of amides is 1. The molecule has 3 heterocycles. The molecule has 0 aromatic carbocycles. The van der Waals surface area contributed by atoms with E-state index in [9.17, 15) is 4.79 Å². The number of hydrogen-bond donors (Lipinski definition) is 1. The lowest BCUT2D eigenvalue weighted by molar-refractivity contribution is -0.123. The first-order valence-electron chi connectivity index (χ1n) is 7.67. The maximum Gasteiger partial charge on any atom is 0.228 e. The summed E-state index contributed by atoms with van der Waals surface area (Å²) >= 11 is 1.61. The van der Waals surface area contributed by atoms with Crippen LogP contribution in [0.1, 0.15) is 43.0 Å². The van der Waals surface area contributed by atoms with Gasteiger partial charge in [-0.05, 0) is 31.7 Å². The Morgan fingerprint density at radius 2 is 2.50 bits per heavy atom. The van der Waals surface area contributed by atoms with Crippen LogP contribution >= 0.6 is 11.3 Å². The first-order valence-corrected chi connectivity index (χ1v) is 8.55. The van der Waals surface area contributed by atoms with E-state index in [-0.39, 0.29) is 24.0 Å². The molecule has 22 heavy (non-hydrogen) atoms. The van der Waals surface area contributed by atoms with Crippen LogP contribution in [0.2, 0.25) is 0 Å². The molecule has 0 spiro atoms. The summed E-state index contributed by atoms with van der Waals surface area (Å²) in [5, 5.41) is 5.14. The Balaban J connectivity index is 1.70. The average Bonchev–Trinajstić information content (AvgIpc) is 3.26. The van der Waals surface area contributed by atoms with E-state index in [0.717, 1.165) is 23.7 Å². The van der Waals surface area contributed by atoms with Crippen molar-refractivity contribution in [1.82, 2.24) is 14.9 Å². The fraction of sp³-hybridized carbons (Fsp3) is 0.500. The highest BCUT2D eigenvalue weighted by Gasteiger charge is 2.34. The fourth-order valence-electron chi connectivity index (χ4n) is 2.81. The van der Waals surface area contributed by atoms with Gasteiger partial charge >= 0.3 is 0 Å². The number of aromatic nitrogens is 2. The summed E-state index contributed by atoms with van der Waals surface area (Å²) < 4.78 is 7.90. The van der Waals surface area contributed by atoms with E-state index in [4.69, 9.17) is 4.74 Å². The first-order chi connectivity index (χ1) is 10.7. The normalized spacial score (nSPS) is 22.6. The van der Waals surface area contributed by atoms with Gasteiger partial charge in [-0.1, -0.05) is 6.07 Å². The van der Waals surface area contributed by atoms with Crippen molar-refractivity contribution < 1.29 is 9.53 Å². The van der Waals surface area contributed by atoms with Gasteiger partial charge in [-0.3, -0.25) is 4.79 Å². The van der Waals surface area contributed by atoms with Crippen molar-refractivity contribution in [3.63, 3.8) is 0 Å². The second kappa shape index (κ2) is 6.62. The summed E-state index contributed by atoms with van der Waals surface area (Å²) in [5.41, 5.74) is 0. The van der Waals surface area contributed by atoms with Crippen molar-refractivity contribution >= 4 is 17.2 Å². The summed E-state index contributed by atoms with van der Waals surface area (Å²) in [6, 6.07) is 3.97. The van der Waals surface area contributed by atoms with Crippen LogP contribution in [0.5, 0.6) is 0 Å². The van der Waals surface area contributed by atoms with Crippen molar-refractivity contribution in [2.24, 2.45) is 0 Å². The molecule has 3 rings (SSSR count). The largest absolute Gasteiger partial charge is 0.368 e. The third-order valence-corrected chi connectivity index (χ3v) is 5.18. The van der Waals surface area contributed by atoms with Gasteiger partial charge in [0.1, 0.15) is 11.9 Å². The van der Waals surface area contributed by atoms with Gasteiger partial charge in [-0.15, -0.1) is 11.3 Å². The van der Waals surface area contributed by atoms with Gasteiger partial charge in [-0.2, -0.15) is 0 Å². The molecule has 0 saturated carbocycles. The predicted molar refractivity (Wildman–Crippen MR) is 85.9 cm³/mol. The molecular weight excluding hydrogens is 298 g/mol. The molecule has 1 saturated heterocycles. The number of rotatable bonds is 5. The number of aryl methyl sites for hydroxylation is 1. The maximum atomic E-state index is 12.5. The molecule has 118 valence electrons. The van der Waals surface area contributed by atoms with Crippen LogP contribution in [0.25, 0.3) is 0 Å². The van der Waals surface area contributed by atoms with Crippen molar-refractivity contribution in [3.05, 3.63) is 40.6 Å². The monoisotopic (exact) mass is 319 g/mol. The van der Waals surface area contributed by atoms with Crippen molar-refractivity contribution in [2.45, 2.75) is 44.9 Å². The Morgan fingerprint density at radius 1 is 1.64 bits per heavy atom. The van der Waals surface area contributed by atoms with Crippen LogP contribution in [0, 0.1) is 0 Å². The van der Waals surface area contributed by atoms with E-state index in [1.165, 1.54) is 0 Å². The lowest BCUT2D eigenvalue weighted by Crippen LogP contribution is -2.39. The van der Waals surface area contributed by atoms with E-state index in [0.29, 0.717) is 6.61 Å². The van der Waals surface area contributed by atoms with Crippen LogP contribution in [0.4, 0.5) is 0 Å². The molecule has 1 aliphatic heterocycles. The zero-order valence-electron chi connectivity index (χ0n) is 12.9. The first kappa shape index (κ1) is 15.2. The third-order valence-electron chi connectivity index (χ3n) is 4.13. The molecule has 1 aliphatic rings. The minimum Gasteiger partial charge on any atom is -0.368 e. The number of nitrogens with one attached hydrogen (secondary N) is 1. The smallest absolute Gasteiger partial charge is 0.228 e. The second-order valence-corrected chi connectivity index (χ2v) is 6.48. The molecule has 3 atom stereocenters. The summed E-state index contributed by atoms with van der Waals surface area (Å²) in [4.78, 5) is 18.0. The average molecular weight is 319 g/mol. The van der Waals surface area contributed by atoms with Crippen LogP contribution in [0.3, 0.4) is 0 Å². The number of imidazole rings is 1. The molecule has 0 radical (unpaired) electrons. The Bertz CT molecular complexity index is 623. The topological polar surface area (TPSA) is 56.1 Å². The lowest BCUT2D eigenvalue weighted by atomic mass is 10.1. The second-order valence-electron chi connectivity index (χ2n) is 5.50. The Kier molecular flexibility index (Phi) is 4.59. The van der Waals surface area contributed by atoms with Crippen molar-refractivity contribution in [3.8, 4) is 0 Å². The molecule has 2 aromatic heterocycles. The van der Waals surface area contributed by atoms with Gasteiger partial charge in [0.25, 0.3) is 0 Å². The van der Waals surface area contributed by atoms with Gasteiger partial charge in [0, 0.05) is 30.4 Å². The van der Waals surface area contributed by atoms with Gasteiger partial charge in [0.15, 0.2) is 0 Å². The summed E-state index contributed by atoms with van der Waals surface area (Å²) in [5.74, 6) is 0.818. The molecular formula is C16H21N3O2S. The van der Waals surface area contributed by atoms with Crippen molar-refractivity contribution in [1.29, 1.82) is 0 Å². The van der Waals surface area contributed by atoms with Gasteiger partial charge in [-0.25, -0.2) is 4.98 Å². The van der Waals surface area contributed by atoms with Gasteiger partial charge in [0.05, 0.1) is 12.0 Å². The van der Waals surface area contributed by atoms with Gasteiger partial charge < -0.3 is 14.6 Å². The fourth-order valence-corrected chi connectivity index (χ4v) is 3.59. The molecule has 5 nitrogen and oxygen atoms in total. The number of carbonyl (C=O) groups excluding carboxylic acids is 1. The molecule has 2 aromatic rings. The summed E-state index contributed by atoms with van der Waals surface area (Å²) in [7, 11) is 0. The van der Waals surface area contributed by atoms with Crippen LogP contribution in [-0.4, -0.2) is 28.1 Å². The summed E-state index contributed by atoms with van der Waals surface area (Å²) in [6.45, 7) is 5.52. The Labute approximate surface area is 134 Å². The molecule has 1 N–H and O–H groups in total. The number of nitrogens with zero attached hydrogens (tertiary/aromatic N) is 2. The zero-order valence-corrected chi connectivity index (χ0v) is 13.7. The van der Waals surface area contributed by atoms with Gasteiger partial charge in [0.2, 0.25) is 5.91 Å². The quantitative estimate of drug-likeness (QED) is 0.922. The zero-order chi connectivity index (χ0) is 15.5. The molecule has 1 amide bonds. The highest BCUT2D eigenvalue weighted by molar-refractivity contribution is 7.10. The minimum atomic E-state index is -0.158. The summed E-state index contributed by atoms with van der Waals surface area (Å²) in [6.07, 6.45) is 4.40. The number of thiophene rings is 1. The molecule has 1 fully saturated rings. The van der Waals surface area contributed by atoms with E-state index >= 15 is 0 Å². The highest BCUT2D eigenvalue weighted by atomic mass is 32.1. The number of ether oxygens (including phenoxy) is 1. The van der Waals surface area contributed by atoms with Crippen LogP contribution in [-0.2, 0) is 16.1 Å². The SMILES string of the molecule is CCn1ccnc1[C@H]1OCC[C@@H]1NC(=O)[C@@H](C)c1cccs1. The number of hydrogen-bond acceptors (Lipinski definition) is 4. The van der Waals surface area contributed by atoms with E-state index in [1.54, 1.807) is 17.5 Å². The van der Waals surface area contributed by atoms with Crippen LogP contribution in [0.15, 0.2) is 29.9 Å². The molecule has 0 unspecified atom stereocenters. The third kappa shape index (κ3) is 2.94. The minimum absolute atomic E-state index is 0.0115. The Hall–Kier alpha value is -1.66. The molecule has 6 heteroatoms. The van der Waals surface area contributed by atoms with E-state index in [1.807, 2.05) is 30.6 Å². The standard InChI is InChI=1S/C16H21N3O2S/c1-3-19-8-7-17-15(19)14-12(6-9-21-14)18-16(20)11(2)13-5-4-10-22-13/h4-5,7-8,10-12,14H,3,6,9H2,1-2H3,(H,18,20)/t11-,12-,14-/m0/s1. The maximum absolute atomic E-state index is 12.5. The van der Waals surface area contributed by atoms with E-state index in [2.05, 4.69) is 21.8 Å². The number of carbonyl (C=O) groups is 1. The van der Waals surface area contributed by atoms with Crippen LogP contribution < -0.4 is 5.32 Å². The lowest BCUT2D eigenvalue weighted by Gasteiger charge is -2.21. The molecule has 0 aliphatic carbocycles. The predicted octanol–water partition coefficient (Wildman–Crippen LogP) is 2.71. The van der Waals surface area contributed by atoms with Crippen molar-refractivity contribution in [2.75, 3.05) is 6.61 Å². The Morgan fingerprint density at radius 3 is 3.23 bits per heavy atom. The molecule has 0 bridgehead atoms.